The second-order valence-electron chi connectivity index (χ2n) is 12.0. The Kier molecular flexibility index (Phi) is 8.89. The Morgan fingerprint density at radius 1 is 1.07 bits per heavy atom. The first kappa shape index (κ1) is 31.1. The number of ether oxygens (including phenoxy) is 1. The normalized spacial score (nSPS) is 16.2. The molecule has 1 saturated carbocycles. The number of sulfone groups is 1. The van der Waals surface area contributed by atoms with Crippen molar-refractivity contribution in [2.75, 3.05) is 23.7 Å². The number of nitrogens with one attached hydrogen (secondary N) is 2. The summed E-state index contributed by atoms with van der Waals surface area (Å²) >= 11 is 6.43. The van der Waals surface area contributed by atoms with E-state index in [1.807, 2.05) is 18.7 Å². The van der Waals surface area contributed by atoms with Gasteiger partial charge in [0.15, 0.2) is 5.82 Å². The smallest absolute Gasteiger partial charge is 0.229 e. The zero-order valence-electron chi connectivity index (χ0n) is 25.5. The minimum absolute atomic E-state index is 0.00693. The number of likely N-dealkylation sites (tertiary alicyclic amines) is 1. The molecule has 3 aromatic rings. The topological polar surface area (TPSA) is 131 Å². The maximum absolute atomic E-state index is 12.9. The number of anilines is 4. The Morgan fingerprint density at radius 3 is 2.40 bits per heavy atom. The largest absolute Gasteiger partial charge is 0.488 e. The van der Waals surface area contributed by atoms with E-state index in [2.05, 4.69) is 44.8 Å². The fraction of sp³-hybridized carbons (Fsp3) is 0.533. The molecule has 0 radical (unpaired) electrons. The molecule has 1 aliphatic heterocycles. The van der Waals surface area contributed by atoms with Crippen LogP contribution in [0.15, 0.2) is 29.6 Å². The van der Waals surface area contributed by atoms with E-state index in [9.17, 15) is 13.2 Å². The average molecular weight is 630 g/mol. The molecule has 232 valence electrons. The third-order valence-electron chi connectivity index (χ3n) is 7.86. The van der Waals surface area contributed by atoms with Gasteiger partial charge in [-0.2, -0.15) is 10.1 Å². The first-order chi connectivity index (χ1) is 20.3. The molecule has 1 aliphatic carbocycles. The molecule has 0 atom stereocenters. The summed E-state index contributed by atoms with van der Waals surface area (Å²) in [5.74, 6) is 1.81. The number of carbonyl (C=O) groups is 1. The highest BCUT2D eigenvalue weighted by molar-refractivity contribution is 7.92. The van der Waals surface area contributed by atoms with Gasteiger partial charge in [0, 0.05) is 32.3 Å². The van der Waals surface area contributed by atoms with Crippen LogP contribution in [0.5, 0.6) is 5.75 Å². The number of amides is 1. The Bertz CT molecular complexity index is 1610. The number of hydrogen-bond donors (Lipinski definition) is 2. The summed E-state index contributed by atoms with van der Waals surface area (Å²) in [4.78, 5) is 23.4. The van der Waals surface area contributed by atoms with Gasteiger partial charge in [-0.15, -0.1) is 0 Å². The highest BCUT2D eigenvalue weighted by Gasteiger charge is 2.30. The van der Waals surface area contributed by atoms with Crippen LogP contribution in [0.1, 0.15) is 70.4 Å². The van der Waals surface area contributed by atoms with Gasteiger partial charge in [0.1, 0.15) is 10.8 Å². The lowest BCUT2D eigenvalue weighted by molar-refractivity contribution is -0.135. The van der Waals surface area contributed by atoms with Crippen LogP contribution in [-0.4, -0.2) is 63.4 Å². The van der Waals surface area contributed by atoms with Crippen LogP contribution >= 0.6 is 11.6 Å². The molecule has 5 rings (SSSR count). The zero-order valence-corrected chi connectivity index (χ0v) is 27.1. The first-order valence-corrected chi connectivity index (χ1v) is 16.7. The van der Waals surface area contributed by atoms with Crippen LogP contribution in [-0.2, 0) is 21.7 Å². The van der Waals surface area contributed by atoms with Gasteiger partial charge in [-0.1, -0.05) is 25.4 Å². The van der Waals surface area contributed by atoms with E-state index in [0.29, 0.717) is 5.92 Å². The maximum Gasteiger partial charge on any atom is 0.229 e. The number of halogens is 1. The van der Waals surface area contributed by atoms with Crippen LogP contribution < -0.4 is 15.4 Å². The lowest BCUT2D eigenvalue weighted by atomic mass is 9.86. The zero-order chi connectivity index (χ0) is 31.1. The number of nitrogens with zero attached hydrogens (tertiary/aromatic N) is 5. The molecule has 13 heteroatoms. The van der Waals surface area contributed by atoms with Crippen molar-refractivity contribution in [3.8, 4) is 5.75 Å². The fourth-order valence-corrected chi connectivity index (χ4v) is 6.47. The summed E-state index contributed by atoms with van der Waals surface area (Å²) in [6.45, 7) is 10.7. The van der Waals surface area contributed by atoms with E-state index in [1.54, 1.807) is 27.1 Å². The number of benzene rings is 1. The number of aromatic nitrogens is 4. The number of carbonyl (C=O) groups excluding carboxylic acids is 1. The number of aryl methyl sites for hydroxylation is 2. The van der Waals surface area contributed by atoms with Crippen molar-refractivity contribution in [3.63, 3.8) is 0 Å². The summed E-state index contributed by atoms with van der Waals surface area (Å²) in [6, 6.07) is 4.17. The molecule has 1 amide bonds. The fourth-order valence-electron chi connectivity index (χ4n) is 5.23. The lowest BCUT2D eigenvalue weighted by Crippen LogP contribution is -2.40. The van der Waals surface area contributed by atoms with E-state index in [4.69, 9.17) is 16.3 Å². The summed E-state index contributed by atoms with van der Waals surface area (Å²) in [5.41, 5.74) is 3.36. The molecule has 11 nitrogen and oxygen atoms in total. The predicted octanol–water partition coefficient (Wildman–Crippen LogP) is 5.74. The molecule has 2 aliphatic rings. The third kappa shape index (κ3) is 6.90. The highest BCUT2D eigenvalue weighted by Crippen LogP contribution is 2.40. The summed E-state index contributed by atoms with van der Waals surface area (Å²) in [5, 5.41) is 10.0. The molecule has 0 bridgehead atoms. The van der Waals surface area contributed by atoms with Gasteiger partial charge in [-0.05, 0) is 75.6 Å². The van der Waals surface area contributed by atoms with Crippen molar-refractivity contribution in [3.05, 3.63) is 40.7 Å². The molecule has 3 heterocycles. The van der Waals surface area contributed by atoms with E-state index in [0.717, 1.165) is 55.8 Å². The first-order valence-electron chi connectivity index (χ1n) is 14.8. The standard InChI is InChI=1S/C30H40ClN7O4S/c1-17(2)29(39)38-11-9-20(10-12-38)22-14-26(42-21-7-8-21)24(13-19(22)5)34-30-32-15-23(31)27(35-30)33-25-16-37(6)36-28(25)43(40,41)18(3)4/h13-18,20-21H,7-12H2,1-6H3,(H2,32,33,34,35). The molecule has 0 unspecified atom stereocenters. The lowest BCUT2D eigenvalue weighted by Gasteiger charge is -2.34. The second kappa shape index (κ2) is 12.3. The maximum atomic E-state index is 12.9. The van der Waals surface area contributed by atoms with Crippen LogP contribution in [0.2, 0.25) is 5.02 Å². The Hall–Kier alpha value is -3.38. The van der Waals surface area contributed by atoms with Crippen LogP contribution in [0, 0.1) is 12.8 Å². The SMILES string of the molecule is Cc1cc(Nc2ncc(Cl)c(Nc3cn(C)nc3S(=O)(=O)C(C)C)n2)c(OC2CC2)cc1C1CCN(C(=O)C(C)C)CC1. The molecular weight excluding hydrogens is 590 g/mol. The average Bonchev–Trinajstić information content (AvgIpc) is 3.70. The van der Waals surface area contributed by atoms with Gasteiger partial charge >= 0.3 is 0 Å². The number of hydrogen-bond acceptors (Lipinski definition) is 9. The predicted molar refractivity (Wildman–Crippen MR) is 167 cm³/mol. The monoisotopic (exact) mass is 629 g/mol. The van der Waals surface area contributed by atoms with E-state index >= 15 is 0 Å². The molecule has 2 fully saturated rings. The molecule has 2 N–H and O–H groups in total. The quantitative estimate of drug-likeness (QED) is 0.288. The van der Waals surface area contributed by atoms with Crippen molar-refractivity contribution in [2.24, 2.45) is 13.0 Å². The summed E-state index contributed by atoms with van der Waals surface area (Å²) < 4.78 is 33.6. The van der Waals surface area contributed by atoms with Gasteiger partial charge < -0.3 is 20.3 Å². The van der Waals surface area contributed by atoms with Gasteiger partial charge in [0.2, 0.25) is 26.7 Å². The van der Waals surface area contributed by atoms with E-state index in [1.165, 1.54) is 16.4 Å². The molecule has 1 aromatic carbocycles. The van der Waals surface area contributed by atoms with Crippen molar-refractivity contribution in [1.29, 1.82) is 0 Å². The van der Waals surface area contributed by atoms with Gasteiger partial charge in [0.25, 0.3) is 0 Å². The van der Waals surface area contributed by atoms with Crippen LogP contribution in [0.3, 0.4) is 0 Å². The Balaban J connectivity index is 1.39. The second-order valence-corrected chi connectivity index (χ2v) is 14.9. The molecule has 1 saturated heterocycles. The van der Waals surface area contributed by atoms with Crippen LogP contribution in [0.25, 0.3) is 0 Å². The Morgan fingerprint density at radius 2 is 1.77 bits per heavy atom. The van der Waals surface area contributed by atoms with Crippen molar-refractivity contribution in [2.45, 2.75) is 82.6 Å². The molecule has 2 aromatic heterocycles. The summed E-state index contributed by atoms with van der Waals surface area (Å²) in [6.07, 6.45) is 7.05. The third-order valence-corrected chi connectivity index (χ3v) is 10.2. The Labute approximate surface area is 258 Å². The highest BCUT2D eigenvalue weighted by atomic mass is 35.5. The van der Waals surface area contributed by atoms with Crippen molar-refractivity contribution in [1.82, 2.24) is 24.6 Å². The minimum Gasteiger partial charge on any atom is -0.488 e. The van der Waals surface area contributed by atoms with Gasteiger partial charge in [0.05, 0.1) is 28.9 Å². The van der Waals surface area contributed by atoms with E-state index in [-0.39, 0.29) is 45.4 Å². The molecular formula is C30H40ClN7O4S. The number of rotatable bonds is 10. The van der Waals surface area contributed by atoms with Crippen molar-refractivity contribution >= 4 is 50.5 Å². The van der Waals surface area contributed by atoms with Gasteiger partial charge in [-0.25, -0.2) is 13.4 Å². The summed E-state index contributed by atoms with van der Waals surface area (Å²) in [7, 11) is -2.00. The van der Waals surface area contributed by atoms with Gasteiger partial charge in [-0.3, -0.25) is 9.48 Å². The molecule has 43 heavy (non-hydrogen) atoms. The number of piperidine rings is 1. The molecule has 0 spiro atoms. The van der Waals surface area contributed by atoms with E-state index < -0.39 is 15.1 Å². The van der Waals surface area contributed by atoms with Crippen LogP contribution in [0.4, 0.5) is 23.1 Å². The minimum atomic E-state index is -3.65. The van der Waals surface area contributed by atoms with Crippen molar-refractivity contribution < 1.29 is 17.9 Å².